The molecule has 84 valence electrons. The molecule has 3 nitrogen and oxygen atoms in total. The molecule has 16 heavy (non-hydrogen) atoms. The number of guanidine groups is 1. The molecular weight excluding hydrogens is 286 g/mol. The van der Waals surface area contributed by atoms with Crippen molar-refractivity contribution < 1.29 is 0 Å². The van der Waals surface area contributed by atoms with Gasteiger partial charge in [0, 0.05) is 26.5 Å². The van der Waals surface area contributed by atoms with Gasteiger partial charge in [0.2, 0.25) is 0 Å². The van der Waals surface area contributed by atoms with E-state index >= 15 is 0 Å². The third-order valence-corrected chi connectivity index (χ3v) is 4.04. The molecular formula is C11H12BrN3S. The van der Waals surface area contributed by atoms with E-state index in [4.69, 9.17) is 5.73 Å². The normalized spacial score (nSPS) is 12.0. The Bertz CT molecular complexity index is 533. The average Bonchev–Trinajstić information content (AvgIpc) is 2.70. The smallest absolute Gasteiger partial charge is 0.188 e. The first kappa shape index (κ1) is 11.4. The Labute approximate surface area is 107 Å². The van der Waals surface area contributed by atoms with Gasteiger partial charge in [-0.2, -0.15) is 0 Å². The van der Waals surface area contributed by atoms with Crippen LogP contribution in [0.5, 0.6) is 0 Å². The SMILES string of the molecule is CN=C(N)NCc1cc2c(Br)cccc2s1. The lowest BCUT2D eigenvalue weighted by atomic mass is 10.2. The molecule has 0 fully saturated rings. The quantitative estimate of drug-likeness (QED) is 0.661. The fourth-order valence-electron chi connectivity index (χ4n) is 1.42. The predicted molar refractivity (Wildman–Crippen MR) is 73.9 cm³/mol. The standard InChI is InChI=1S/C11H12BrN3S/c1-14-11(13)15-6-7-5-8-9(12)3-2-4-10(8)16-7/h2-5H,6H2,1H3,(H3,13,14,15). The predicted octanol–water partition coefficient (Wildman–Crippen LogP) is 2.70. The van der Waals surface area contributed by atoms with E-state index in [-0.39, 0.29) is 0 Å². The van der Waals surface area contributed by atoms with Gasteiger partial charge in [0.25, 0.3) is 0 Å². The summed E-state index contributed by atoms with van der Waals surface area (Å²) in [5.74, 6) is 0.469. The number of halogens is 1. The molecule has 0 saturated heterocycles. The molecule has 0 aliphatic carbocycles. The van der Waals surface area contributed by atoms with E-state index in [1.165, 1.54) is 15.0 Å². The van der Waals surface area contributed by atoms with Crippen molar-refractivity contribution in [2.75, 3.05) is 7.05 Å². The van der Waals surface area contributed by atoms with Crippen LogP contribution in [0.1, 0.15) is 4.88 Å². The van der Waals surface area contributed by atoms with E-state index in [0.29, 0.717) is 5.96 Å². The van der Waals surface area contributed by atoms with Crippen molar-refractivity contribution in [2.24, 2.45) is 10.7 Å². The highest BCUT2D eigenvalue weighted by atomic mass is 79.9. The third kappa shape index (κ3) is 2.36. The number of hydrogen-bond donors (Lipinski definition) is 2. The van der Waals surface area contributed by atoms with Gasteiger partial charge >= 0.3 is 0 Å². The van der Waals surface area contributed by atoms with Crippen LogP contribution in [0.3, 0.4) is 0 Å². The van der Waals surface area contributed by atoms with Gasteiger partial charge in [-0.1, -0.05) is 22.0 Å². The Kier molecular flexibility index (Phi) is 3.46. The summed E-state index contributed by atoms with van der Waals surface area (Å²) in [4.78, 5) is 5.10. The summed E-state index contributed by atoms with van der Waals surface area (Å²) in [7, 11) is 1.67. The molecule has 5 heteroatoms. The Morgan fingerprint density at radius 2 is 2.38 bits per heavy atom. The zero-order valence-corrected chi connectivity index (χ0v) is 11.2. The second-order valence-corrected chi connectivity index (χ2v) is 5.35. The summed E-state index contributed by atoms with van der Waals surface area (Å²) in [5.41, 5.74) is 5.58. The van der Waals surface area contributed by atoms with Crippen molar-refractivity contribution in [3.8, 4) is 0 Å². The molecule has 1 aromatic heterocycles. The molecule has 1 aromatic carbocycles. The highest BCUT2D eigenvalue weighted by Gasteiger charge is 2.04. The van der Waals surface area contributed by atoms with Gasteiger partial charge < -0.3 is 11.1 Å². The van der Waals surface area contributed by atoms with Crippen LogP contribution in [0, 0.1) is 0 Å². The van der Waals surface area contributed by atoms with E-state index in [2.05, 4.69) is 38.4 Å². The third-order valence-electron chi connectivity index (χ3n) is 2.24. The van der Waals surface area contributed by atoms with Crippen LogP contribution < -0.4 is 11.1 Å². The molecule has 0 aliphatic heterocycles. The minimum atomic E-state index is 0.469. The molecule has 1 heterocycles. The zero-order chi connectivity index (χ0) is 11.5. The summed E-state index contributed by atoms with van der Waals surface area (Å²) in [5, 5.41) is 4.30. The number of hydrogen-bond acceptors (Lipinski definition) is 2. The number of thiophene rings is 1. The number of nitrogens with one attached hydrogen (secondary N) is 1. The lowest BCUT2D eigenvalue weighted by Crippen LogP contribution is -2.30. The van der Waals surface area contributed by atoms with Crippen molar-refractivity contribution in [2.45, 2.75) is 6.54 Å². The molecule has 0 aliphatic rings. The molecule has 0 saturated carbocycles. The lowest BCUT2D eigenvalue weighted by Gasteiger charge is -2.00. The van der Waals surface area contributed by atoms with E-state index < -0.39 is 0 Å². The van der Waals surface area contributed by atoms with Gasteiger partial charge in [0.15, 0.2) is 5.96 Å². The molecule has 0 unspecified atom stereocenters. The number of aliphatic imine (C=N–C) groups is 1. The number of rotatable bonds is 2. The van der Waals surface area contributed by atoms with Crippen LogP contribution in [0.25, 0.3) is 10.1 Å². The molecule has 0 radical (unpaired) electrons. The first-order valence-electron chi connectivity index (χ1n) is 4.84. The van der Waals surface area contributed by atoms with Crippen LogP contribution in [0.15, 0.2) is 33.7 Å². The maximum absolute atomic E-state index is 5.58. The Balaban J connectivity index is 2.23. The number of fused-ring (bicyclic) bond motifs is 1. The van der Waals surface area contributed by atoms with Crippen molar-refractivity contribution >= 4 is 43.3 Å². The van der Waals surface area contributed by atoms with Crippen LogP contribution in [-0.2, 0) is 6.54 Å². The van der Waals surface area contributed by atoms with Crippen molar-refractivity contribution in [3.05, 3.63) is 33.6 Å². The summed E-state index contributed by atoms with van der Waals surface area (Å²) in [6, 6.07) is 8.38. The molecule has 0 spiro atoms. The van der Waals surface area contributed by atoms with Crippen LogP contribution in [0.4, 0.5) is 0 Å². The topological polar surface area (TPSA) is 50.4 Å². The Morgan fingerprint density at radius 1 is 1.56 bits per heavy atom. The van der Waals surface area contributed by atoms with E-state index in [1.54, 1.807) is 18.4 Å². The molecule has 0 atom stereocenters. The average molecular weight is 298 g/mol. The minimum Gasteiger partial charge on any atom is -0.370 e. The largest absolute Gasteiger partial charge is 0.370 e. The van der Waals surface area contributed by atoms with Crippen molar-refractivity contribution in [3.63, 3.8) is 0 Å². The molecule has 2 rings (SSSR count). The highest BCUT2D eigenvalue weighted by Crippen LogP contribution is 2.31. The maximum atomic E-state index is 5.58. The molecule has 0 amide bonds. The second kappa shape index (κ2) is 4.84. The van der Waals surface area contributed by atoms with Gasteiger partial charge in [-0.3, -0.25) is 4.99 Å². The maximum Gasteiger partial charge on any atom is 0.188 e. The van der Waals surface area contributed by atoms with E-state index in [0.717, 1.165) is 11.0 Å². The zero-order valence-electron chi connectivity index (χ0n) is 8.83. The first-order valence-corrected chi connectivity index (χ1v) is 6.44. The Morgan fingerprint density at radius 3 is 3.06 bits per heavy atom. The fraction of sp³-hybridized carbons (Fsp3) is 0.182. The monoisotopic (exact) mass is 297 g/mol. The van der Waals surface area contributed by atoms with Gasteiger partial charge in [0.1, 0.15) is 0 Å². The van der Waals surface area contributed by atoms with Crippen LogP contribution >= 0.6 is 27.3 Å². The number of nitrogens with two attached hydrogens (primary N) is 1. The van der Waals surface area contributed by atoms with Gasteiger partial charge in [-0.25, -0.2) is 0 Å². The lowest BCUT2D eigenvalue weighted by molar-refractivity contribution is 0.919. The first-order chi connectivity index (χ1) is 7.70. The second-order valence-electron chi connectivity index (χ2n) is 3.33. The van der Waals surface area contributed by atoms with Crippen molar-refractivity contribution in [1.29, 1.82) is 0 Å². The van der Waals surface area contributed by atoms with Gasteiger partial charge in [-0.05, 0) is 18.2 Å². The van der Waals surface area contributed by atoms with Crippen LogP contribution in [-0.4, -0.2) is 13.0 Å². The minimum absolute atomic E-state index is 0.469. The van der Waals surface area contributed by atoms with E-state index in [1.807, 2.05) is 12.1 Å². The fourth-order valence-corrected chi connectivity index (χ4v) is 3.06. The summed E-state index contributed by atoms with van der Waals surface area (Å²) in [6.07, 6.45) is 0. The summed E-state index contributed by atoms with van der Waals surface area (Å²) < 4.78 is 2.41. The highest BCUT2D eigenvalue weighted by molar-refractivity contribution is 9.10. The molecule has 2 aromatic rings. The number of benzene rings is 1. The van der Waals surface area contributed by atoms with Gasteiger partial charge in [0.05, 0.1) is 6.54 Å². The van der Waals surface area contributed by atoms with E-state index in [9.17, 15) is 0 Å². The summed E-state index contributed by atoms with van der Waals surface area (Å²) >= 11 is 5.30. The van der Waals surface area contributed by atoms with Gasteiger partial charge in [-0.15, -0.1) is 11.3 Å². The van der Waals surface area contributed by atoms with Crippen molar-refractivity contribution in [1.82, 2.24) is 5.32 Å². The molecule has 0 bridgehead atoms. The molecule has 3 N–H and O–H groups in total. The van der Waals surface area contributed by atoms with Crippen LogP contribution in [0.2, 0.25) is 0 Å². The Hall–Kier alpha value is -1.07. The summed E-state index contributed by atoms with van der Waals surface area (Å²) in [6.45, 7) is 0.717. The number of nitrogens with zero attached hydrogens (tertiary/aromatic N) is 1.